The maximum absolute atomic E-state index is 8.81. The summed E-state index contributed by atoms with van der Waals surface area (Å²) in [5.41, 5.74) is 1.43. The van der Waals surface area contributed by atoms with Crippen molar-refractivity contribution < 1.29 is 0 Å². The molecule has 0 saturated heterocycles. The number of hydrogen-bond acceptors (Lipinski definition) is 0. The molecule has 0 radical (unpaired) electrons. The minimum Gasteiger partial charge on any atom is -0.779 e. The fraction of sp³-hybridized carbons (Fsp3) is 0.143. The van der Waals surface area contributed by atoms with Gasteiger partial charge in [-0.1, -0.05) is 0 Å². The summed E-state index contributed by atoms with van der Waals surface area (Å²) in [5.74, 6) is 0. The van der Waals surface area contributed by atoms with E-state index in [2.05, 4.69) is 0 Å². The quantitative estimate of drug-likeness (QED) is 0.418. The zero-order chi connectivity index (χ0) is 5.98. The van der Waals surface area contributed by atoms with Crippen molar-refractivity contribution in [3.8, 4) is 0 Å². The molecular weight excluding hydrogens is 98.1 g/mol. The molecule has 0 bridgehead atoms. The molecular formula is C7H7N. The summed E-state index contributed by atoms with van der Waals surface area (Å²) in [4.78, 5) is 0. The highest BCUT2D eigenvalue weighted by Crippen LogP contribution is 2.04. The monoisotopic (exact) mass is 105 g/mol. The Balaban J connectivity index is 2.77. The van der Waals surface area contributed by atoms with Crippen molar-refractivity contribution in [2.75, 3.05) is 0 Å². The highest BCUT2D eigenvalue weighted by atomic mass is 14.4. The number of allylic oxidation sites excluding steroid dienone is 4. The first-order valence-electron chi connectivity index (χ1n) is 2.54. The molecule has 1 heteroatoms. The summed E-state index contributed by atoms with van der Waals surface area (Å²) in [6.45, 7) is 1.94. The lowest BCUT2D eigenvalue weighted by atomic mass is 10.1. The van der Waals surface area contributed by atoms with Crippen LogP contribution in [-0.2, 0) is 0 Å². The number of hydrogen-bond donors (Lipinski definition) is 0. The van der Waals surface area contributed by atoms with Crippen molar-refractivity contribution >= 4 is 5.71 Å². The maximum atomic E-state index is 8.81. The minimum atomic E-state index is 0.338. The highest BCUT2D eigenvalue weighted by molar-refractivity contribution is 6.07. The van der Waals surface area contributed by atoms with Crippen LogP contribution in [0.2, 0.25) is 0 Å². The Kier molecular flexibility index (Phi) is 1.20. The summed E-state index contributed by atoms with van der Waals surface area (Å²) < 4.78 is 0. The third-order valence-corrected chi connectivity index (χ3v) is 1.00. The molecule has 1 aliphatic carbocycles. The van der Waals surface area contributed by atoms with Gasteiger partial charge in [0.15, 0.2) is 0 Å². The first kappa shape index (κ1) is 5.16. The predicted molar refractivity (Wildman–Crippen MR) is 35.6 cm³/mol. The fourth-order valence-electron chi connectivity index (χ4n) is 0.628. The van der Waals surface area contributed by atoms with Crippen molar-refractivity contribution in [3.05, 3.63) is 35.6 Å². The molecule has 0 atom stereocenters. The summed E-state index contributed by atoms with van der Waals surface area (Å²) in [6, 6.07) is 0. The zero-order valence-corrected chi connectivity index (χ0v) is 4.76. The fourth-order valence-corrected chi connectivity index (χ4v) is 0.628. The van der Waals surface area contributed by atoms with Crippen LogP contribution >= 0.6 is 0 Å². The second-order valence-corrected chi connectivity index (χ2v) is 1.84. The van der Waals surface area contributed by atoms with Gasteiger partial charge in [-0.25, -0.2) is 0 Å². The van der Waals surface area contributed by atoms with Gasteiger partial charge in [0.1, 0.15) is 0 Å². The third kappa shape index (κ3) is 0.997. The predicted octanol–water partition coefficient (Wildman–Crippen LogP) is 1.72. The third-order valence-electron chi connectivity index (χ3n) is 1.00. The van der Waals surface area contributed by atoms with E-state index in [4.69, 9.17) is 5.41 Å². The van der Waals surface area contributed by atoms with E-state index in [0.717, 1.165) is 5.57 Å². The lowest BCUT2D eigenvalue weighted by molar-refractivity contribution is 1.51. The lowest BCUT2D eigenvalue weighted by Crippen LogP contribution is -1.93. The van der Waals surface area contributed by atoms with Gasteiger partial charge in [-0.2, -0.15) is 0 Å². The molecule has 0 aromatic rings. The topological polar surface area (TPSA) is 22.3 Å². The van der Waals surface area contributed by atoms with Crippen LogP contribution in [0.15, 0.2) is 23.8 Å². The number of rotatable bonds is 0. The van der Waals surface area contributed by atoms with Gasteiger partial charge in [0, 0.05) is 24.6 Å². The van der Waals surface area contributed by atoms with E-state index in [1.165, 1.54) is 0 Å². The average molecular weight is 105 g/mol. The first-order chi connectivity index (χ1) is 3.79. The van der Waals surface area contributed by atoms with E-state index < -0.39 is 0 Å². The van der Waals surface area contributed by atoms with Crippen molar-refractivity contribution in [1.29, 1.82) is 0 Å². The van der Waals surface area contributed by atoms with E-state index in [9.17, 15) is 0 Å². The van der Waals surface area contributed by atoms with E-state index >= 15 is 0 Å². The van der Waals surface area contributed by atoms with Gasteiger partial charge in [-0.05, 0) is 12.6 Å². The molecule has 0 amide bonds. The van der Waals surface area contributed by atoms with Crippen molar-refractivity contribution in [1.82, 2.24) is 0 Å². The van der Waals surface area contributed by atoms with Gasteiger partial charge in [0.2, 0.25) is 0 Å². The molecule has 0 unspecified atom stereocenters. The Hall–Kier alpha value is -0.980. The van der Waals surface area contributed by atoms with Gasteiger partial charge in [0.25, 0.3) is 0 Å². The van der Waals surface area contributed by atoms with Crippen molar-refractivity contribution in [3.63, 3.8) is 0 Å². The molecule has 0 aliphatic heterocycles. The molecule has 0 aromatic heterocycles. The van der Waals surface area contributed by atoms with Crippen molar-refractivity contribution in [2.24, 2.45) is 0 Å². The summed E-state index contributed by atoms with van der Waals surface area (Å²) in [7, 11) is 0. The summed E-state index contributed by atoms with van der Waals surface area (Å²) >= 11 is 0. The Labute approximate surface area is 49.2 Å². The maximum Gasteiger partial charge on any atom is 0.0567 e. The summed E-state index contributed by atoms with van der Waals surface area (Å²) in [5, 5.41) is 8.81. The van der Waals surface area contributed by atoms with Gasteiger partial charge in [-0.15, -0.1) is 0 Å². The molecule has 40 valence electrons. The average Bonchev–Trinajstić information content (AvgIpc) is 1.64. The van der Waals surface area contributed by atoms with Crippen LogP contribution in [0, 0.1) is 6.42 Å². The molecule has 0 aromatic carbocycles. The van der Waals surface area contributed by atoms with Crippen LogP contribution in [0.3, 0.4) is 0 Å². The van der Waals surface area contributed by atoms with Gasteiger partial charge >= 0.3 is 0 Å². The minimum absolute atomic E-state index is 0.338. The zero-order valence-electron chi connectivity index (χ0n) is 4.76. The van der Waals surface area contributed by atoms with Crippen LogP contribution in [-0.4, -0.2) is 5.71 Å². The molecule has 0 spiro atoms. The Morgan fingerprint density at radius 3 is 2.75 bits per heavy atom. The second kappa shape index (κ2) is 1.86. The molecule has 0 heterocycles. The normalized spacial score (nSPS) is 17.6. The van der Waals surface area contributed by atoms with E-state index in [1.54, 1.807) is 12.5 Å². The van der Waals surface area contributed by atoms with Crippen LogP contribution in [0.4, 0.5) is 0 Å². The van der Waals surface area contributed by atoms with Gasteiger partial charge in [-0.3, -0.25) is 0 Å². The van der Waals surface area contributed by atoms with Crippen molar-refractivity contribution in [2.45, 2.75) is 6.92 Å². The molecule has 0 fully saturated rings. The largest absolute Gasteiger partial charge is 0.779 e. The Morgan fingerprint density at radius 2 is 2.38 bits per heavy atom. The standard InChI is InChI=1S/C7H7N/c1-6-3-2-4-7(8)5-6/h2-5H,1H3. The molecule has 1 rings (SSSR count). The SMILES string of the molecule is CC1=CC(=[N-])[CH+]C=C1. The Morgan fingerprint density at radius 1 is 1.62 bits per heavy atom. The molecule has 1 aliphatic rings. The molecule has 0 N–H and O–H groups in total. The lowest BCUT2D eigenvalue weighted by Gasteiger charge is -1.98. The van der Waals surface area contributed by atoms with E-state index in [0.29, 0.717) is 5.71 Å². The summed E-state index contributed by atoms with van der Waals surface area (Å²) in [6.07, 6.45) is 7.15. The molecule has 1 nitrogen and oxygen atoms in total. The molecule has 0 saturated carbocycles. The van der Waals surface area contributed by atoms with E-state index in [-0.39, 0.29) is 0 Å². The van der Waals surface area contributed by atoms with Crippen LogP contribution < -0.4 is 0 Å². The van der Waals surface area contributed by atoms with Crippen LogP contribution in [0.25, 0.3) is 5.41 Å². The molecule has 8 heavy (non-hydrogen) atoms. The van der Waals surface area contributed by atoms with Gasteiger partial charge < -0.3 is 5.41 Å². The number of nitrogens with zero attached hydrogens (tertiary/aromatic N) is 1. The Bertz CT molecular complexity index is 163. The second-order valence-electron chi connectivity index (χ2n) is 1.84. The van der Waals surface area contributed by atoms with Crippen LogP contribution in [0.5, 0.6) is 0 Å². The first-order valence-corrected chi connectivity index (χ1v) is 2.54. The van der Waals surface area contributed by atoms with E-state index in [1.807, 2.05) is 19.1 Å². The highest BCUT2D eigenvalue weighted by Gasteiger charge is 1.97. The van der Waals surface area contributed by atoms with Crippen LogP contribution in [0.1, 0.15) is 6.92 Å². The van der Waals surface area contributed by atoms with Gasteiger partial charge in [0.05, 0.1) is 5.57 Å². The smallest absolute Gasteiger partial charge is 0.0567 e.